The van der Waals surface area contributed by atoms with Gasteiger partial charge in [0.1, 0.15) is 23.3 Å². The molecular weight excluding hydrogens is 426 g/mol. The van der Waals surface area contributed by atoms with E-state index in [2.05, 4.69) is 6.58 Å². The lowest BCUT2D eigenvalue weighted by Crippen LogP contribution is -2.12. The molecule has 4 rings (SSSR count). The Balaban J connectivity index is 1.72. The van der Waals surface area contributed by atoms with Crippen LogP contribution in [0.2, 0.25) is 0 Å². The van der Waals surface area contributed by atoms with Gasteiger partial charge in [0.05, 0.1) is 11.1 Å². The number of halogens is 6. The van der Waals surface area contributed by atoms with Crippen molar-refractivity contribution in [3.05, 3.63) is 89.5 Å². The third-order valence-corrected chi connectivity index (χ3v) is 6.25. The van der Waals surface area contributed by atoms with Gasteiger partial charge in [-0.05, 0) is 78.3 Å². The monoisotopic (exact) mass is 446 g/mol. The Morgan fingerprint density at radius 3 is 2.09 bits per heavy atom. The second kappa shape index (κ2) is 8.85. The van der Waals surface area contributed by atoms with E-state index in [9.17, 15) is 26.3 Å². The standard InChI is InChI=1S/C26H20F6/c1-2-14-3-5-15(6-4-14)17-10-22(28)25(23(29)11-17)16-7-8-19-18(9-16)12-21(27)20(26(19)32)13-24(30)31/h2,7-15H,1,3-6H2. The molecule has 0 unspecified atom stereocenters. The molecular formula is C26H20F6. The number of hydrogen-bond donors (Lipinski definition) is 0. The van der Waals surface area contributed by atoms with E-state index in [1.165, 1.54) is 30.3 Å². The fourth-order valence-electron chi connectivity index (χ4n) is 4.54. The molecule has 0 spiro atoms. The maximum atomic E-state index is 15.0. The molecule has 0 atom stereocenters. The van der Waals surface area contributed by atoms with Gasteiger partial charge in [-0.3, -0.25) is 0 Å². The maximum Gasteiger partial charge on any atom is 0.271 e. The van der Waals surface area contributed by atoms with Gasteiger partial charge in [-0.1, -0.05) is 18.2 Å². The summed E-state index contributed by atoms with van der Waals surface area (Å²) in [7, 11) is 0. The van der Waals surface area contributed by atoms with Gasteiger partial charge < -0.3 is 0 Å². The summed E-state index contributed by atoms with van der Waals surface area (Å²) >= 11 is 0. The normalized spacial score (nSPS) is 18.6. The molecule has 0 heterocycles. The van der Waals surface area contributed by atoms with Crippen LogP contribution in [0.15, 0.2) is 55.1 Å². The molecule has 0 N–H and O–H groups in total. The van der Waals surface area contributed by atoms with E-state index in [0.29, 0.717) is 11.5 Å². The van der Waals surface area contributed by atoms with Gasteiger partial charge in [0.15, 0.2) is 0 Å². The molecule has 0 radical (unpaired) electrons. The van der Waals surface area contributed by atoms with Crippen molar-refractivity contribution in [1.29, 1.82) is 0 Å². The van der Waals surface area contributed by atoms with Crippen LogP contribution in [0.1, 0.15) is 42.7 Å². The van der Waals surface area contributed by atoms with Crippen molar-refractivity contribution >= 4 is 16.8 Å². The molecule has 6 heteroatoms. The minimum Gasteiger partial charge on any atom is -0.206 e. The molecule has 32 heavy (non-hydrogen) atoms. The molecule has 3 aromatic carbocycles. The maximum absolute atomic E-state index is 15.0. The average Bonchev–Trinajstić information content (AvgIpc) is 2.76. The zero-order valence-corrected chi connectivity index (χ0v) is 17.1. The first-order valence-corrected chi connectivity index (χ1v) is 10.3. The summed E-state index contributed by atoms with van der Waals surface area (Å²) in [6.07, 6.45) is 3.27. The number of allylic oxidation sites excluding steroid dienone is 1. The predicted molar refractivity (Wildman–Crippen MR) is 114 cm³/mol. The molecule has 0 aliphatic heterocycles. The largest absolute Gasteiger partial charge is 0.271 e. The first-order valence-electron chi connectivity index (χ1n) is 10.3. The van der Waals surface area contributed by atoms with Gasteiger partial charge in [0, 0.05) is 11.5 Å². The molecule has 166 valence electrons. The molecule has 0 amide bonds. The summed E-state index contributed by atoms with van der Waals surface area (Å²) < 4.78 is 83.6. The van der Waals surface area contributed by atoms with Crippen molar-refractivity contribution in [2.24, 2.45) is 5.92 Å². The van der Waals surface area contributed by atoms with Gasteiger partial charge in [-0.25, -0.2) is 17.6 Å². The molecule has 0 saturated heterocycles. The zero-order valence-electron chi connectivity index (χ0n) is 17.1. The van der Waals surface area contributed by atoms with Crippen LogP contribution in [0, 0.1) is 29.2 Å². The van der Waals surface area contributed by atoms with E-state index in [4.69, 9.17) is 0 Å². The lowest BCUT2D eigenvalue weighted by molar-refractivity contribution is 0.374. The van der Waals surface area contributed by atoms with E-state index < -0.39 is 34.9 Å². The molecule has 1 aliphatic carbocycles. The van der Waals surface area contributed by atoms with Crippen LogP contribution in [0.4, 0.5) is 26.3 Å². The number of benzene rings is 3. The van der Waals surface area contributed by atoms with Crippen LogP contribution in [0.25, 0.3) is 28.0 Å². The summed E-state index contributed by atoms with van der Waals surface area (Å²) in [5.41, 5.74) is -0.463. The Labute approximate surface area is 181 Å². The summed E-state index contributed by atoms with van der Waals surface area (Å²) in [5, 5.41) is -0.112. The third-order valence-electron chi connectivity index (χ3n) is 6.25. The molecule has 0 nitrogen and oxygen atoms in total. The highest BCUT2D eigenvalue weighted by Crippen LogP contribution is 2.39. The van der Waals surface area contributed by atoms with E-state index >= 15 is 0 Å². The quantitative estimate of drug-likeness (QED) is 0.278. The highest BCUT2D eigenvalue weighted by atomic mass is 19.3. The van der Waals surface area contributed by atoms with Crippen molar-refractivity contribution in [3.63, 3.8) is 0 Å². The summed E-state index contributed by atoms with van der Waals surface area (Å²) in [4.78, 5) is 0. The minimum absolute atomic E-state index is 0.0135. The lowest BCUT2D eigenvalue weighted by Gasteiger charge is -2.27. The van der Waals surface area contributed by atoms with Crippen LogP contribution >= 0.6 is 0 Å². The Hall–Kier alpha value is -3.02. The van der Waals surface area contributed by atoms with E-state index in [1.807, 2.05) is 6.08 Å². The van der Waals surface area contributed by atoms with Gasteiger partial charge in [0.2, 0.25) is 0 Å². The van der Waals surface area contributed by atoms with Crippen molar-refractivity contribution in [2.75, 3.05) is 0 Å². The summed E-state index contributed by atoms with van der Waals surface area (Å²) in [5.74, 6) is -3.38. The molecule has 0 aromatic heterocycles. The Kier molecular flexibility index (Phi) is 6.13. The fourth-order valence-corrected chi connectivity index (χ4v) is 4.54. The van der Waals surface area contributed by atoms with Crippen LogP contribution in [0.5, 0.6) is 0 Å². The van der Waals surface area contributed by atoms with Crippen LogP contribution in [-0.2, 0) is 0 Å². The summed E-state index contributed by atoms with van der Waals surface area (Å²) in [6, 6.07) is 7.26. The van der Waals surface area contributed by atoms with Gasteiger partial charge >= 0.3 is 0 Å². The molecule has 1 fully saturated rings. The van der Waals surface area contributed by atoms with Gasteiger partial charge in [-0.15, -0.1) is 6.58 Å². The lowest BCUT2D eigenvalue weighted by atomic mass is 9.78. The van der Waals surface area contributed by atoms with Crippen LogP contribution < -0.4 is 0 Å². The highest BCUT2D eigenvalue weighted by molar-refractivity contribution is 5.90. The number of fused-ring (bicyclic) bond motifs is 1. The minimum atomic E-state index is -2.24. The highest BCUT2D eigenvalue weighted by Gasteiger charge is 2.24. The predicted octanol–water partition coefficient (Wildman–Crippen LogP) is 8.76. The third kappa shape index (κ3) is 4.18. The van der Waals surface area contributed by atoms with Crippen molar-refractivity contribution in [2.45, 2.75) is 31.6 Å². The number of rotatable bonds is 4. The summed E-state index contributed by atoms with van der Waals surface area (Å²) in [6.45, 7) is 3.80. The van der Waals surface area contributed by atoms with Crippen molar-refractivity contribution in [3.8, 4) is 11.1 Å². The average molecular weight is 446 g/mol. The Bertz CT molecular complexity index is 1190. The van der Waals surface area contributed by atoms with Crippen molar-refractivity contribution < 1.29 is 26.3 Å². The van der Waals surface area contributed by atoms with Gasteiger partial charge in [0.25, 0.3) is 6.08 Å². The second-order valence-corrected chi connectivity index (χ2v) is 8.16. The zero-order chi connectivity index (χ0) is 23.0. The van der Waals surface area contributed by atoms with E-state index in [0.717, 1.165) is 31.7 Å². The van der Waals surface area contributed by atoms with Crippen molar-refractivity contribution in [1.82, 2.24) is 0 Å². The Morgan fingerprint density at radius 2 is 1.50 bits per heavy atom. The number of hydrogen-bond acceptors (Lipinski definition) is 0. The Morgan fingerprint density at radius 1 is 0.844 bits per heavy atom. The molecule has 0 bridgehead atoms. The second-order valence-electron chi connectivity index (χ2n) is 8.16. The topological polar surface area (TPSA) is 0 Å². The fraction of sp³-hybridized carbons (Fsp3) is 0.231. The molecule has 1 aliphatic rings. The van der Waals surface area contributed by atoms with Gasteiger partial charge in [-0.2, -0.15) is 8.78 Å². The molecule has 3 aromatic rings. The SMILES string of the molecule is C=CC1CCC(c2cc(F)c(-c3ccc4c(F)c(C=C(F)F)c(F)cc4c3)c(F)c2)CC1. The van der Waals surface area contributed by atoms with E-state index in [-0.39, 0.29) is 33.9 Å². The first kappa shape index (κ1) is 22.2. The first-order chi connectivity index (χ1) is 15.3. The molecule has 1 saturated carbocycles. The van der Waals surface area contributed by atoms with Crippen LogP contribution in [0.3, 0.4) is 0 Å². The van der Waals surface area contributed by atoms with E-state index in [1.54, 1.807) is 0 Å². The van der Waals surface area contributed by atoms with Crippen LogP contribution in [-0.4, -0.2) is 0 Å². The smallest absolute Gasteiger partial charge is 0.206 e.